The van der Waals surface area contributed by atoms with Crippen LogP contribution in [0.4, 0.5) is 0 Å². The minimum absolute atomic E-state index is 0.140. The Hall–Kier alpha value is -1.32. The van der Waals surface area contributed by atoms with Gasteiger partial charge in [-0.15, -0.1) is 0 Å². The van der Waals surface area contributed by atoms with Gasteiger partial charge >= 0.3 is 11.9 Å². The van der Waals surface area contributed by atoms with Gasteiger partial charge < -0.3 is 10.2 Å². The zero-order valence-corrected chi connectivity index (χ0v) is 30.1. The number of rotatable bonds is 34. The lowest BCUT2D eigenvalue weighted by Crippen LogP contribution is -2.12. The fraction of sp³-hybridized carbons (Fsp3) is 0.900. The SMILES string of the molecule is CC(C)CCCCCCCCCCCCCCC/C(C(=O)O)=C(\CCCCCCCCCCCCCCCC(C)C)C(=O)O. The summed E-state index contributed by atoms with van der Waals surface area (Å²) in [5, 5.41) is 19.5. The molecule has 0 aromatic rings. The van der Waals surface area contributed by atoms with Crippen molar-refractivity contribution < 1.29 is 19.8 Å². The third kappa shape index (κ3) is 29.4. The van der Waals surface area contributed by atoms with Crippen molar-refractivity contribution in [3.05, 3.63) is 11.1 Å². The summed E-state index contributed by atoms with van der Waals surface area (Å²) in [7, 11) is 0. The molecule has 0 radical (unpaired) electrons. The van der Waals surface area contributed by atoms with Crippen molar-refractivity contribution in [2.75, 3.05) is 0 Å². The maximum atomic E-state index is 11.9. The molecule has 0 saturated heterocycles. The smallest absolute Gasteiger partial charge is 0.332 e. The van der Waals surface area contributed by atoms with Crippen molar-refractivity contribution in [2.24, 2.45) is 11.8 Å². The molecule has 0 aromatic heterocycles. The molecule has 0 spiro atoms. The Balaban J connectivity index is 3.86. The first-order chi connectivity index (χ1) is 21.3. The lowest BCUT2D eigenvalue weighted by Gasteiger charge is -2.10. The fourth-order valence-corrected chi connectivity index (χ4v) is 6.37. The first-order valence-electron chi connectivity index (χ1n) is 19.4. The standard InChI is InChI=1S/C40H76O4/c1-35(2)31-27-23-19-15-11-7-5-9-13-17-21-25-29-33-37(39(41)42)38(40(43)44)34-30-26-22-18-14-10-6-8-12-16-20-24-28-32-36(3)4/h35-36H,5-34H2,1-4H3,(H,41,42)(H,43,44)/b38-37-. The molecule has 0 heterocycles. The Morgan fingerprint density at radius 3 is 0.705 bits per heavy atom. The summed E-state index contributed by atoms with van der Waals surface area (Å²) < 4.78 is 0. The number of carboxylic acid groups (broad SMARTS) is 2. The van der Waals surface area contributed by atoms with E-state index < -0.39 is 11.9 Å². The Morgan fingerprint density at radius 1 is 0.341 bits per heavy atom. The molecule has 0 saturated carbocycles. The average Bonchev–Trinajstić information content (AvgIpc) is 2.96. The molecule has 4 nitrogen and oxygen atoms in total. The molecule has 2 N–H and O–H groups in total. The topological polar surface area (TPSA) is 74.6 Å². The van der Waals surface area contributed by atoms with Crippen molar-refractivity contribution in [2.45, 2.75) is 220 Å². The van der Waals surface area contributed by atoms with Crippen LogP contribution in [0.2, 0.25) is 0 Å². The fourth-order valence-electron chi connectivity index (χ4n) is 6.37. The zero-order valence-electron chi connectivity index (χ0n) is 30.1. The molecule has 0 aliphatic carbocycles. The number of carboxylic acids is 2. The van der Waals surface area contributed by atoms with Gasteiger partial charge in [-0.05, 0) is 37.5 Å². The number of carbonyl (C=O) groups is 2. The second kappa shape index (κ2) is 31.7. The molecule has 0 fully saturated rings. The lowest BCUT2D eigenvalue weighted by atomic mass is 9.96. The lowest BCUT2D eigenvalue weighted by molar-refractivity contribution is -0.136. The minimum Gasteiger partial charge on any atom is -0.478 e. The normalized spacial score (nSPS) is 12.3. The van der Waals surface area contributed by atoms with Crippen molar-refractivity contribution in [1.82, 2.24) is 0 Å². The van der Waals surface area contributed by atoms with Gasteiger partial charge in [-0.2, -0.15) is 0 Å². The van der Waals surface area contributed by atoms with E-state index in [4.69, 9.17) is 0 Å². The molecule has 0 amide bonds. The maximum absolute atomic E-state index is 11.9. The van der Waals surface area contributed by atoms with Gasteiger partial charge in [0.15, 0.2) is 0 Å². The van der Waals surface area contributed by atoms with Crippen molar-refractivity contribution in [3.8, 4) is 0 Å². The molecule has 0 aliphatic heterocycles. The molecule has 0 atom stereocenters. The molecule has 0 rings (SSSR count). The van der Waals surface area contributed by atoms with Crippen LogP contribution in [0.5, 0.6) is 0 Å². The van der Waals surface area contributed by atoms with E-state index in [0.29, 0.717) is 12.8 Å². The van der Waals surface area contributed by atoms with E-state index >= 15 is 0 Å². The van der Waals surface area contributed by atoms with Crippen LogP contribution in [0.3, 0.4) is 0 Å². The Morgan fingerprint density at radius 2 is 0.523 bits per heavy atom. The minimum atomic E-state index is -1.04. The summed E-state index contributed by atoms with van der Waals surface area (Å²) in [6.07, 6.45) is 36.0. The van der Waals surface area contributed by atoms with Gasteiger partial charge in [-0.25, -0.2) is 9.59 Å². The zero-order chi connectivity index (χ0) is 32.7. The number of aliphatic carboxylic acids is 2. The van der Waals surface area contributed by atoms with Gasteiger partial charge in [0.1, 0.15) is 0 Å². The largest absolute Gasteiger partial charge is 0.478 e. The highest BCUT2D eigenvalue weighted by atomic mass is 16.4. The molecule has 4 heteroatoms. The van der Waals surface area contributed by atoms with Crippen LogP contribution in [0.1, 0.15) is 220 Å². The van der Waals surface area contributed by atoms with E-state index in [0.717, 1.165) is 50.4 Å². The summed E-state index contributed by atoms with van der Waals surface area (Å²) >= 11 is 0. The molecule has 44 heavy (non-hydrogen) atoms. The van der Waals surface area contributed by atoms with E-state index in [9.17, 15) is 19.8 Å². The van der Waals surface area contributed by atoms with E-state index in [1.807, 2.05) is 0 Å². The molecular formula is C40H76O4. The molecule has 0 aliphatic rings. The first-order valence-corrected chi connectivity index (χ1v) is 19.4. The average molecular weight is 621 g/mol. The summed E-state index contributed by atoms with van der Waals surface area (Å²) in [6.45, 7) is 9.23. The van der Waals surface area contributed by atoms with Gasteiger partial charge in [0.25, 0.3) is 0 Å². The summed E-state index contributed by atoms with van der Waals surface area (Å²) in [4.78, 5) is 23.8. The van der Waals surface area contributed by atoms with Gasteiger partial charge in [0.2, 0.25) is 0 Å². The summed E-state index contributed by atoms with van der Waals surface area (Å²) in [5.74, 6) is -0.409. The van der Waals surface area contributed by atoms with Crippen LogP contribution in [-0.2, 0) is 9.59 Å². The highest BCUT2D eigenvalue weighted by Crippen LogP contribution is 2.22. The number of hydrogen-bond donors (Lipinski definition) is 2. The second-order valence-corrected chi connectivity index (χ2v) is 14.6. The number of unbranched alkanes of at least 4 members (excludes halogenated alkanes) is 24. The highest BCUT2D eigenvalue weighted by Gasteiger charge is 2.19. The predicted octanol–water partition coefficient (Wildman–Crippen LogP) is 13.5. The van der Waals surface area contributed by atoms with Crippen LogP contribution >= 0.6 is 0 Å². The monoisotopic (exact) mass is 621 g/mol. The van der Waals surface area contributed by atoms with E-state index in [1.54, 1.807) is 0 Å². The van der Waals surface area contributed by atoms with E-state index in [1.165, 1.54) is 141 Å². The summed E-state index contributed by atoms with van der Waals surface area (Å²) in [5.41, 5.74) is 0.281. The van der Waals surface area contributed by atoms with Gasteiger partial charge in [-0.1, -0.05) is 195 Å². The molecule has 0 aromatic carbocycles. The molecule has 260 valence electrons. The van der Waals surface area contributed by atoms with Crippen LogP contribution < -0.4 is 0 Å². The van der Waals surface area contributed by atoms with E-state index in [2.05, 4.69) is 27.7 Å². The third-order valence-electron chi connectivity index (χ3n) is 9.30. The van der Waals surface area contributed by atoms with Crippen LogP contribution in [0.25, 0.3) is 0 Å². The molecule has 0 bridgehead atoms. The second-order valence-electron chi connectivity index (χ2n) is 14.6. The Kier molecular flexibility index (Phi) is 30.7. The predicted molar refractivity (Wildman–Crippen MR) is 190 cm³/mol. The quantitative estimate of drug-likeness (QED) is 0.0554. The summed E-state index contributed by atoms with van der Waals surface area (Å²) in [6, 6.07) is 0. The van der Waals surface area contributed by atoms with Crippen molar-refractivity contribution in [3.63, 3.8) is 0 Å². The van der Waals surface area contributed by atoms with E-state index in [-0.39, 0.29) is 11.1 Å². The Labute approximate surface area is 274 Å². The van der Waals surface area contributed by atoms with Gasteiger partial charge in [-0.3, -0.25) is 0 Å². The first kappa shape index (κ1) is 42.7. The Bertz CT molecular complexity index is 635. The van der Waals surface area contributed by atoms with Crippen molar-refractivity contribution in [1.29, 1.82) is 0 Å². The van der Waals surface area contributed by atoms with Crippen LogP contribution in [-0.4, -0.2) is 22.2 Å². The third-order valence-corrected chi connectivity index (χ3v) is 9.30. The van der Waals surface area contributed by atoms with Crippen LogP contribution in [0, 0.1) is 11.8 Å². The van der Waals surface area contributed by atoms with Gasteiger partial charge in [0, 0.05) is 11.1 Å². The van der Waals surface area contributed by atoms with Crippen LogP contribution in [0.15, 0.2) is 11.1 Å². The highest BCUT2D eigenvalue weighted by molar-refractivity contribution is 5.98. The van der Waals surface area contributed by atoms with Gasteiger partial charge in [0.05, 0.1) is 0 Å². The number of hydrogen-bond acceptors (Lipinski definition) is 2. The maximum Gasteiger partial charge on any atom is 0.332 e. The van der Waals surface area contributed by atoms with Crippen molar-refractivity contribution >= 4 is 11.9 Å². The molecular weight excluding hydrogens is 544 g/mol. The molecule has 0 unspecified atom stereocenters.